The van der Waals surface area contributed by atoms with Crippen molar-refractivity contribution in [3.05, 3.63) is 64.6 Å². The fraction of sp³-hybridized carbons (Fsp3) is 0.304. The molecule has 8 heteroatoms. The van der Waals surface area contributed by atoms with Crippen molar-refractivity contribution >= 4 is 17.5 Å². The molecule has 1 fully saturated rings. The Hall–Kier alpha value is -3.06. The van der Waals surface area contributed by atoms with E-state index in [1.807, 2.05) is 36.1 Å². The van der Waals surface area contributed by atoms with Crippen molar-refractivity contribution in [2.24, 2.45) is 7.05 Å². The molecule has 0 aliphatic carbocycles. The number of halogens is 2. The van der Waals surface area contributed by atoms with E-state index in [0.717, 1.165) is 22.6 Å². The Morgan fingerprint density at radius 3 is 2.77 bits per heavy atom. The largest absolute Gasteiger partial charge is 0.493 e. The van der Waals surface area contributed by atoms with E-state index in [-0.39, 0.29) is 17.2 Å². The van der Waals surface area contributed by atoms with Crippen LogP contribution in [0.4, 0.5) is 4.39 Å². The average molecular weight is 442 g/mol. The number of likely N-dealkylation sites (tertiary alicyclic amines) is 1. The predicted octanol–water partition coefficient (Wildman–Crippen LogP) is 4.41. The molecule has 0 saturated carbocycles. The van der Waals surface area contributed by atoms with Gasteiger partial charge in [0, 0.05) is 49.1 Å². The summed E-state index contributed by atoms with van der Waals surface area (Å²) >= 11 is 6.22. The molecule has 3 heterocycles. The third-order valence-electron chi connectivity index (χ3n) is 6.19. The van der Waals surface area contributed by atoms with Gasteiger partial charge in [0.2, 0.25) is 0 Å². The van der Waals surface area contributed by atoms with Crippen LogP contribution < -0.4 is 9.47 Å². The van der Waals surface area contributed by atoms with Gasteiger partial charge in [-0.3, -0.25) is 9.48 Å². The molecule has 2 aliphatic heterocycles. The van der Waals surface area contributed by atoms with Crippen LogP contribution >= 0.6 is 11.6 Å². The Bertz CT molecular complexity index is 1180. The maximum absolute atomic E-state index is 14.1. The van der Waals surface area contributed by atoms with E-state index < -0.39 is 11.4 Å². The van der Waals surface area contributed by atoms with Crippen molar-refractivity contribution in [3.63, 3.8) is 0 Å². The molecule has 2 aliphatic rings. The van der Waals surface area contributed by atoms with E-state index in [1.54, 1.807) is 11.0 Å². The van der Waals surface area contributed by atoms with Crippen molar-refractivity contribution in [3.8, 4) is 22.8 Å². The molecule has 1 spiro atoms. The molecule has 1 saturated heterocycles. The summed E-state index contributed by atoms with van der Waals surface area (Å²) in [5.74, 6) is -0.113. The number of aryl methyl sites for hydroxylation is 1. The summed E-state index contributed by atoms with van der Waals surface area (Å²) in [5, 5.41) is 5.07. The summed E-state index contributed by atoms with van der Waals surface area (Å²) < 4.78 is 27.6. The summed E-state index contributed by atoms with van der Waals surface area (Å²) in [6, 6.07) is 9.99. The lowest BCUT2D eigenvalue weighted by molar-refractivity contribution is -0.00180. The fourth-order valence-corrected chi connectivity index (χ4v) is 4.79. The molecule has 0 N–H and O–H groups in total. The van der Waals surface area contributed by atoms with Gasteiger partial charge in [0.1, 0.15) is 11.4 Å². The zero-order chi connectivity index (χ0) is 21.8. The molecule has 1 amide bonds. The quantitative estimate of drug-likeness (QED) is 0.591. The maximum Gasteiger partial charge on any atom is 0.257 e. The van der Waals surface area contributed by atoms with Crippen LogP contribution in [0.3, 0.4) is 0 Å². The highest BCUT2D eigenvalue weighted by Crippen LogP contribution is 2.50. The molecular formula is C23H21ClFN3O3. The first-order chi connectivity index (χ1) is 14.9. The lowest BCUT2D eigenvalue weighted by Gasteiger charge is -2.44. The van der Waals surface area contributed by atoms with Crippen LogP contribution in [0, 0.1) is 5.82 Å². The first-order valence-electron chi connectivity index (χ1n) is 10.1. The highest BCUT2D eigenvalue weighted by molar-refractivity contribution is 6.30. The van der Waals surface area contributed by atoms with Gasteiger partial charge in [0.15, 0.2) is 11.6 Å². The molecule has 31 heavy (non-hydrogen) atoms. The Labute approximate surface area is 184 Å². The second kappa shape index (κ2) is 7.27. The molecule has 2 aromatic carbocycles. The number of benzene rings is 2. The van der Waals surface area contributed by atoms with Crippen molar-refractivity contribution < 1.29 is 18.7 Å². The van der Waals surface area contributed by atoms with Crippen LogP contribution in [0.2, 0.25) is 5.02 Å². The number of piperidine rings is 1. The summed E-state index contributed by atoms with van der Waals surface area (Å²) in [6.45, 7) is 0.922. The van der Waals surface area contributed by atoms with E-state index in [0.29, 0.717) is 31.0 Å². The molecule has 0 bridgehead atoms. The van der Waals surface area contributed by atoms with E-state index >= 15 is 0 Å². The monoisotopic (exact) mass is 441 g/mol. The van der Waals surface area contributed by atoms with Gasteiger partial charge in [-0.15, -0.1) is 0 Å². The number of hydrogen-bond acceptors (Lipinski definition) is 4. The number of carbonyl (C=O) groups excluding carboxylic acids is 1. The van der Waals surface area contributed by atoms with Crippen molar-refractivity contribution in [1.29, 1.82) is 0 Å². The van der Waals surface area contributed by atoms with Gasteiger partial charge in [-0.1, -0.05) is 17.7 Å². The van der Waals surface area contributed by atoms with Crippen LogP contribution in [0.15, 0.2) is 42.6 Å². The molecule has 6 nitrogen and oxygen atoms in total. The minimum Gasteiger partial charge on any atom is -0.493 e. The van der Waals surface area contributed by atoms with E-state index in [2.05, 4.69) is 5.10 Å². The van der Waals surface area contributed by atoms with Crippen LogP contribution in [0.5, 0.6) is 11.5 Å². The normalized spacial score (nSPS) is 16.5. The van der Waals surface area contributed by atoms with Gasteiger partial charge >= 0.3 is 0 Å². The van der Waals surface area contributed by atoms with Crippen molar-refractivity contribution in [2.45, 2.75) is 18.4 Å². The molecule has 0 radical (unpaired) electrons. The van der Waals surface area contributed by atoms with Crippen LogP contribution in [0.25, 0.3) is 11.3 Å². The highest BCUT2D eigenvalue weighted by Gasteiger charge is 2.46. The van der Waals surface area contributed by atoms with Crippen molar-refractivity contribution in [1.82, 2.24) is 14.7 Å². The number of methoxy groups -OCH3 is 1. The lowest BCUT2D eigenvalue weighted by atomic mass is 9.81. The zero-order valence-corrected chi connectivity index (χ0v) is 17.9. The number of rotatable bonds is 2. The Balaban J connectivity index is 1.45. The molecular weight excluding hydrogens is 421 g/mol. The Morgan fingerprint density at radius 1 is 1.26 bits per heavy atom. The smallest absolute Gasteiger partial charge is 0.257 e. The summed E-state index contributed by atoms with van der Waals surface area (Å²) in [5.41, 5.74) is 2.60. The van der Waals surface area contributed by atoms with Gasteiger partial charge in [0.05, 0.1) is 24.6 Å². The third kappa shape index (κ3) is 3.07. The zero-order valence-electron chi connectivity index (χ0n) is 17.2. The minimum atomic E-state index is -0.593. The van der Waals surface area contributed by atoms with Gasteiger partial charge in [-0.05, 0) is 30.3 Å². The SMILES string of the molecule is COc1c(F)cccc1C(=O)N1CCC2(CC1)Oc1cc(Cl)ccc1-c1c2cnn1C. The number of para-hydroxylation sites is 1. The third-order valence-corrected chi connectivity index (χ3v) is 6.43. The summed E-state index contributed by atoms with van der Waals surface area (Å²) in [4.78, 5) is 14.8. The number of carbonyl (C=O) groups is 1. The summed E-state index contributed by atoms with van der Waals surface area (Å²) in [6.07, 6.45) is 3.02. The molecule has 1 aromatic heterocycles. The van der Waals surface area contributed by atoms with Crippen LogP contribution in [-0.2, 0) is 12.6 Å². The molecule has 3 aromatic rings. The average Bonchev–Trinajstić information content (AvgIpc) is 3.16. The standard InChI is InChI=1S/C23H21ClFN3O3/c1-27-20-15-7-6-14(24)12-19(15)31-23(17(20)13-26-27)8-10-28(11-9-23)22(29)16-4-3-5-18(25)21(16)30-2/h3-7,12-13H,8-11H2,1-2H3. The molecule has 0 unspecified atom stereocenters. The Morgan fingerprint density at radius 2 is 2.03 bits per heavy atom. The van der Waals surface area contributed by atoms with Gasteiger partial charge in [-0.25, -0.2) is 4.39 Å². The first-order valence-corrected chi connectivity index (χ1v) is 10.4. The van der Waals surface area contributed by atoms with Crippen molar-refractivity contribution in [2.75, 3.05) is 20.2 Å². The molecule has 5 rings (SSSR count). The first kappa shape index (κ1) is 19.9. The van der Waals surface area contributed by atoms with Crippen LogP contribution in [-0.4, -0.2) is 40.8 Å². The second-order valence-electron chi connectivity index (χ2n) is 7.88. The lowest BCUT2D eigenvalue weighted by Crippen LogP contribution is -2.49. The molecule has 160 valence electrons. The van der Waals surface area contributed by atoms with Gasteiger partial charge in [0.25, 0.3) is 5.91 Å². The number of ether oxygens (including phenoxy) is 2. The number of hydrogen-bond donors (Lipinski definition) is 0. The number of aromatic nitrogens is 2. The van der Waals surface area contributed by atoms with Gasteiger partial charge in [-0.2, -0.15) is 5.10 Å². The maximum atomic E-state index is 14.1. The topological polar surface area (TPSA) is 56.6 Å². The molecule has 0 atom stereocenters. The van der Waals surface area contributed by atoms with E-state index in [9.17, 15) is 9.18 Å². The fourth-order valence-electron chi connectivity index (χ4n) is 4.63. The van der Waals surface area contributed by atoms with E-state index in [4.69, 9.17) is 21.1 Å². The predicted molar refractivity (Wildman–Crippen MR) is 114 cm³/mol. The second-order valence-corrected chi connectivity index (χ2v) is 8.32. The number of fused-ring (bicyclic) bond motifs is 4. The minimum absolute atomic E-state index is 0.0279. The number of amides is 1. The number of nitrogens with zero attached hydrogens (tertiary/aromatic N) is 3. The highest BCUT2D eigenvalue weighted by atomic mass is 35.5. The van der Waals surface area contributed by atoms with Gasteiger partial charge < -0.3 is 14.4 Å². The van der Waals surface area contributed by atoms with Crippen LogP contribution in [0.1, 0.15) is 28.8 Å². The Kier molecular flexibility index (Phi) is 4.66. The summed E-state index contributed by atoms with van der Waals surface area (Å²) in [7, 11) is 3.27. The van der Waals surface area contributed by atoms with E-state index in [1.165, 1.54) is 19.2 Å².